The number of hydrogen-bond donors (Lipinski definition) is 1. The number of anilines is 2. The van der Waals surface area contributed by atoms with E-state index in [1.165, 1.54) is 0 Å². The summed E-state index contributed by atoms with van der Waals surface area (Å²) in [7, 11) is 0. The van der Waals surface area contributed by atoms with Crippen molar-refractivity contribution in [1.82, 2.24) is 0 Å². The van der Waals surface area contributed by atoms with E-state index < -0.39 is 0 Å². The van der Waals surface area contributed by atoms with Gasteiger partial charge in [0, 0.05) is 17.8 Å². The number of nitrogens with zero attached hydrogens (tertiary/aromatic N) is 1. The molecule has 2 aromatic rings. The molecule has 3 rings (SSSR count). The van der Waals surface area contributed by atoms with E-state index in [0.717, 1.165) is 35.3 Å². The predicted molar refractivity (Wildman–Crippen MR) is 108 cm³/mol. The molecule has 1 heterocycles. The van der Waals surface area contributed by atoms with Crippen LogP contribution in [0.2, 0.25) is 0 Å². The molecule has 0 aromatic heterocycles. The summed E-state index contributed by atoms with van der Waals surface area (Å²) in [5, 5.41) is 2.89. The quantitative estimate of drug-likeness (QED) is 0.789. The van der Waals surface area contributed by atoms with Crippen LogP contribution < -0.4 is 10.2 Å². The minimum atomic E-state index is -0.0724. The summed E-state index contributed by atoms with van der Waals surface area (Å²) < 4.78 is 0. The van der Waals surface area contributed by atoms with Gasteiger partial charge in [-0.3, -0.25) is 14.5 Å². The Hall–Kier alpha value is -2.27. The van der Waals surface area contributed by atoms with Crippen LogP contribution in [-0.4, -0.2) is 17.6 Å². The zero-order chi connectivity index (χ0) is 18.5. The molecule has 1 unspecified atom stereocenters. The van der Waals surface area contributed by atoms with Gasteiger partial charge < -0.3 is 5.32 Å². The Labute approximate surface area is 159 Å². The molecule has 1 atom stereocenters. The highest BCUT2D eigenvalue weighted by Gasteiger charge is 2.34. The van der Waals surface area contributed by atoms with Gasteiger partial charge in [-0.15, -0.1) is 11.8 Å². The van der Waals surface area contributed by atoms with Gasteiger partial charge >= 0.3 is 0 Å². The average Bonchev–Trinajstić information content (AvgIpc) is 3.02. The predicted octanol–water partition coefficient (Wildman–Crippen LogP) is 4.90. The van der Waals surface area contributed by atoms with Crippen LogP contribution in [0, 0.1) is 6.92 Å². The van der Waals surface area contributed by atoms with Gasteiger partial charge in [-0.1, -0.05) is 37.6 Å². The highest BCUT2D eigenvalue weighted by atomic mass is 32.2. The topological polar surface area (TPSA) is 49.4 Å². The highest BCUT2D eigenvalue weighted by Crippen LogP contribution is 2.42. The summed E-state index contributed by atoms with van der Waals surface area (Å²) in [6.45, 7) is 4.10. The van der Waals surface area contributed by atoms with Crippen molar-refractivity contribution in [3.8, 4) is 0 Å². The number of thioether (sulfide) groups is 1. The second kappa shape index (κ2) is 8.41. The average molecular weight is 369 g/mol. The second-order valence-corrected chi connectivity index (χ2v) is 7.61. The maximum atomic E-state index is 12.5. The van der Waals surface area contributed by atoms with Gasteiger partial charge in [0.15, 0.2) is 0 Å². The maximum absolute atomic E-state index is 12.5. The van der Waals surface area contributed by atoms with Gasteiger partial charge in [0.25, 0.3) is 0 Å². The molecule has 1 aliphatic heterocycles. The van der Waals surface area contributed by atoms with Crippen molar-refractivity contribution in [3.05, 3.63) is 59.7 Å². The van der Waals surface area contributed by atoms with Crippen LogP contribution in [0.3, 0.4) is 0 Å². The third-order valence-electron chi connectivity index (χ3n) is 4.36. The molecule has 26 heavy (non-hydrogen) atoms. The van der Waals surface area contributed by atoms with E-state index in [1.54, 1.807) is 11.8 Å². The zero-order valence-electron chi connectivity index (χ0n) is 15.2. The fraction of sp³-hybridized carbons (Fsp3) is 0.333. The lowest BCUT2D eigenvalue weighted by atomic mass is 10.1. The van der Waals surface area contributed by atoms with Crippen molar-refractivity contribution in [3.63, 3.8) is 0 Å². The standard InChI is InChI=1S/C21H24N2O2S/c1-3-4-11-19(24)22-17-9-6-8-16(13-17)21-23(20(25)14-26-21)18-10-5-7-15(2)12-18/h5-10,12-13,21H,3-4,11,14H2,1-2H3,(H,22,24). The first-order chi connectivity index (χ1) is 12.6. The van der Waals surface area contributed by atoms with Crippen molar-refractivity contribution in [1.29, 1.82) is 0 Å². The number of amides is 2. The number of carbonyl (C=O) groups is 2. The van der Waals surface area contributed by atoms with Gasteiger partial charge in [0.05, 0.1) is 5.75 Å². The summed E-state index contributed by atoms with van der Waals surface area (Å²) in [6, 6.07) is 15.8. The monoisotopic (exact) mass is 368 g/mol. The van der Waals surface area contributed by atoms with Crippen LogP contribution in [0.5, 0.6) is 0 Å². The largest absolute Gasteiger partial charge is 0.326 e. The Bertz CT molecular complexity index is 806. The first kappa shape index (κ1) is 18.5. The van der Waals surface area contributed by atoms with E-state index in [0.29, 0.717) is 12.2 Å². The van der Waals surface area contributed by atoms with Crippen LogP contribution in [-0.2, 0) is 9.59 Å². The van der Waals surface area contributed by atoms with Gasteiger partial charge in [0.2, 0.25) is 11.8 Å². The molecule has 1 N–H and O–H groups in total. The van der Waals surface area contributed by atoms with Crippen LogP contribution in [0.4, 0.5) is 11.4 Å². The molecular formula is C21H24N2O2S. The molecule has 0 radical (unpaired) electrons. The molecule has 1 saturated heterocycles. The Morgan fingerprint density at radius 1 is 1.23 bits per heavy atom. The van der Waals surface area contributed by atoms with Gasteiger partial charge in [-0.2, -0.15) is 0 Å². The Kier molecular flexibility index (Phi) is 5.99. The van der Waals surface area contributed by atoms with Gasteiger partial charge in [-0.25, -0.2) is 0 Å². The Balaban J connectivity index is 1.82. The number of hydrogen-bond acceptors (Lipinski definition) is 3. The normalized spacial score (nSPS) is 16.8. The van der Waals surface area contributed by atoms with E-state index in [2.05, 4.69) is 12.2 Å². The van der Waals surface area contributed by atoms with Gasteiger partial charge in [0.1, 0.15) is 5.37 Å². The first-order valence-electron chi connectivity index (χ1n) is 8.98. The lowest BCUT2D eigenvalue weighted by Gasteiger charge is -2.25. The number of unbranched alkanes of at least 4 members (excludes halogenated alkanes) is 1. The van der Waals surface area contributed by atoms with Crippen molar-refractivity contribution < 1.29 is 9.59 Å². The minimum Gasteiger partial charge on any atom is -0.326 e. The zero-order valence-corrected chi connectivity index (χ0v) is 16.0. The molecule has 1 aliphatic rings. The van der Waals surface area contributed by atoms with E-state index >= 15 is 0 Å². The second-order valence-electron chi connectivity index (χ2n) is 6.54. The van der Waals surface area contributed by atoms with E-state index in [1.807, 2.05) is 60.4 Å². The molecule has 5 heteroatoms. The molecule has 0 saturated carbocycles. The van der Waals surface area contributed by atoms with Crippen LogP contribution in [0.1, 0.15) is 42.7 Å². The lowest BCUT2D eigenvalue weighted by Crippen LogP contribution is -2.27. The van der Waals surface area contributed by atoms with E-state index in [9.17, 15) is 9.59 Å². The minimum absolute atomic E-state index is 0.0368. The first-order valence-corrected chi connectivity index (χ1v) is 10.0. The molecule has 4 nitrogen and oxygen atoms in total. The summed E-state index contributed by atoms with van der Waals surface area (Å²) >= 11 is 1.62. The van der Waals surface area contributed by atoms with Gasteiger partial charge in [-0.05, 0) is 48.7 Å². The lowest BCUT2D eigenvalue weighted by molar-refractivity contribution is -0.116. The van der Waals surface area contributed by atoms with Crippen molar-refractivity contribution in [2.45, 2.75) is 38.5 Å². The highest BCUT2D eigenvalue weighted by molar-refractivity contribution is 8.00. The molecule has 0 bridgehead atoms. The Morgan fingerprint density at radius 2 is 2.04 bits per heavy atom. The van der Waals surface area contributed by atoms with E-state index in [-0.39, 0.29) is 17.2 Å². The summed E-state index contributed by atoms with van der Waals surface area (Å²) in [5.41, 5.74) is 3.86. The maximum Gasteiger partial charge on any atom is 0.238 e. The van der Waals surface area contributed by atoms with Crippen LogP contribution in [0.25, 0.3) is 0 Å². The third kappa shape index (κ3) is 4.28. The fourth-order valence-corrected chi connectivity index (χ4v) is 4.23. The number of aryl methyl sites for hydroxylation is 1. The number of carbonyl (C=O) groups excluding carboxylic acids is 2. The van der Waals surface area contributed by atoms with Crippen LogP contribution in [0.15, 0.2) is 48.5 Å². The van der Waals surface area contributed by atoms with Crippen molar-refractivity contribution >= 4 is 35.0 Å². The molecular weight excluding hydrogens is 344 g/mol. The van der Waals surface area contributed by atoms with Crippen LogP contribution >= 0.6 is 11.8 Å². The molecule has 0 aliphatic carbocycles. The SMILES string of the molecule is CCCCC(=O)Nc1cccc(C2SCC(=O)N2c2cccc(C)c2)c1. The summed E-state index contributed by atoms with van der Waals surface area (Å²) in [5.74, 6) is 0.615. The van der Waals surface area contributed by atoms with E-state index in [4.69, 9.17) is 0 Å². The number of rotatable bonds is 6. The van der Waals surface area contributed by atoms with Crippen molar-refractivity contribution in [2.75, 3.05) is 16.0 Å². The third-order valence-corrected chi connectivity index (χ3v) is 5.57. The molecule has 2 amide bonds. The Morgan fingerprint density at radius 3 is 2.81 bits per heavy atom. The summed E-state index contributed by atoms with van der Waals surface area (Å²) in [4.78, 5) is 26.3. The molecule has 136 valence electrons. The number of benzene rings is 2. The molecule has 1 fully saturated rings. The van der Waals surface area contributed by atoms with Crippen molar-refractivity contribution in [2.24, 2.45) is 0 Å². The smallest absolute Gasteiger partial charge is 0.238 e. The molecule has 0 spiro atoms. The summed E-state index contributed by atoms with van der Waals surface area (Å²) in [6.07, 6.45) is 2.42. The fourth-order valence-electron chi connectivity index (χ4n) is 3.06. The number of nitrogens with one attached hydrogen (secondary N) is 1. The molecule has 2 aromatic carbocycles.